The molecule has 0 saturated carbocycles. The van der Waals surface area contributed by atoms with Crippen LogP contribution in [0.5, 0.6) is 11.5 Å². The number of hydrogen-bond donors (Lipinski definition) is 2. The van der Waals surface area contributed by atoms with Crippen LogP contribution in [-0.4, -0.2) is 18.2 Å². The Hall–Kier alpha value is -2.21. The van der Waals surface area contributed by atoms with Gasteiger partial charge in [0, 0.05) is 11.8 Å². The summed E-state index contributed by atoms with van der Waals surface area (Å²) < 4.78 is 11.5. The number of anilines is 1. The Bertz CT molecular complexity index is 673. The summed E-state index contributed by atoms with van der Waals surface area (Å²) in [6.45, 7) is 0.228. The van der Waals surface area contributed by atoms with E-state index in [9.17, 15) is 4.79 Å². The Balaban J connectivity index is 2.18. The predicted octanol–water partition coefficient (Wildman–Crippen LogP) is 3.32. The van der Waals surface area contributed by atoms with Crippen molar-refractivity contribution in [3.8, 4) is 11.5 Å². The maximum Gasteiger partial charge on any atom is 0.339 e. The van der Waals surface area contributed by atoms with E-state index in [1.54, 1.807) is 13.2 Å². The van der Waals surface area contributed by atoms with Crippen molar-refractivity contribution >= 4 is 27.6 Å². The Morgan fingerprint density at radius 1 is 1.24 bits per heavy atom. The Morgan fingerprint density at radius 2 is 2.00 bits per heavy atom. The molecule has 0 unspecified atom stereocenters. The van der Waals surface area contributed by atoms with Gasteiger partial charge >= 0.3 is 5.97 Å². The number of carboxylic acids is 1. The fourth-order valence-corrected chi connectivity index (χ4v) is 2.38. The van der Waals surface area contributed by atoms with Crippen LogP contribution in [-0.2, 0) is 6.61 Å². The summed E-state index contributed by atoms with van der Waals surface area (Å²) in [7, 11) is 1.59. The normalized spacial score (nSPS) is 10.2. The van der Waals surface area contributed by atoms with Crippen molar-refractivity contribution in [3.63, 3.8) is 0 Å². The first-order valence-corrected chi connectivity index (χ1v) is 6.88. The van der Waals surface area contributed by atoms with Gasteiger partial charge in [0.2, 0.25) is 0 Å². The number of methoxy groups -OCH3 is 1. The molecule has 0 aliphatic rings. The average molecular weight is 352 g/mol. The molecule has 0 aromatic heterocycles. The molecule has 0 saturated heterocycles. The van der Waals surface area contributed by atoms with Gasteiger partial charge < -0.3 is 20.3 Å². The van der Waals surface area contributed by atoms with E-state index in [0.29, 0.717) is 11.4 Å². The highest BCUT2D eigenvalue weighted by atomic mass is 79.9. The molecular weight excluding hydrogens is 338 g/mol. The van der Waals surface area contributed by atoms with E-state index in [1.165, 1.54) is 18.2 Å². The van der Waals surface area contributed by atoms with Crippen molar-refractivity contribution in [2.45, 2.75) is 6.61 Å². The van der Waals surface area contributed by atoms with Gasteiger partial charge in [-0.15, -0.1) is 0 Å². The number of benzene rings is 2. The lowest BCUT2D eigenvalue weighted by Gasteiger charge is -2.11. The standard InChI is InChI=1S/C15H14BrNO4/c1-20-13-5-2-9(6-12(13)16)8-21-14-7-10(17)3-4-11(14)15(18)19/h2-7H,8,17H2,1H3,(H,18,19). The zero-order valence-corrected chi connectivity index (χ0v) is 12.9. The third-order valence-corrected chi connectivity index (χ3v) is 3.47. The first-order valence-electron chi connectivity index (χ1n) is 6.09. The number of aromatic carboxylic acids is 1. The molecule has 0 aliphatic carbocycles. The number of nitrogens with two attached hydrogens (primary N) is 1. The number of halogens is 1. The van der Waals surface area contributed by atoms with Crippen LogP contribution >= 0.6 is 15.9 Å². The summed E-state index contributed by atoms with van der Waals surface area (Å²) in [6.07, 6.45) is 0. The summed E-state index contributed by atoms with van der Waals surface area (Å²) in [5.41, 5.74) is 7.07. The maximum atomic E-state index is 11.1. The summed E-state index contributed by atoms with van der Waals surface area (Å²) in [5.74, 6) is -0.0933. The van der Waals surface area contributed by atoms with Crippen LogP contribution in [0.2, 0.25) is 0 Å². The zero-order valence-electron chi connectivity index (χ0n) is 11.3. The topological polar surface area (TPSA) is 81.8 Å². The van der Waals surface area contributed by atoms with Crippen molar-refractivity contribution in [1.82, 2.24) is 0 Å². The Kier molecular flexibility index (Phi) is 4.70. The average Bonchev–Trinajstić information content (AvgIpc) is 2.45. The number of carboxylic acid groups (broad SMARTS) is 1. The van der Waals surface area contributed by atoms with E-state index >= 15 is 0 Å². The number of carbonyl (C=O) groups is 1. The largest absolute Gasteiger partial charge is 0.496 e. The van der Waals surface area contributed by atoms with Gasteiger partial charge in [0.15, 0.2) is 0 Å². The quantitative estimate of drug-likeness (QED) is 0.807. The highest BCUT2D eigenvalue weighted by molar-refractivity contribution is 9.10. The second-order valence-corrected chi connectivity index (χ2v) is 5.17. The number of rotatable bonds is 5. The van der Waals surface area contributed by atoms with E-state index in [1.807, 2.05) is 12.1 Å². The van der Waals surface area contributed by atoms with Gasteiger partial charge in [-0.2, -0.15) is 0 Å². The van der Waals surface area contributed by atoms with Crippen molar-refractivity contribution < 1.29 is 19.4 Å². The van der Waals surface area contributed by atoms with Crippen molar-refractivity contribution in [2.75, 3.05) is 12.8 Å². The molecule has 21 heavy (non-hydrogen) atoms. The molecule has 5 nitrogen and oxygen atoms in total. The molecule has 0 heterocycles. The molecule has 0 atom stereocenters. The second-order valence-electron chi connectivity index (χ2n) is 4.32. The van der Waals surface area contributed by atoms with E-state index in [4.69, 9.17) is 20.3 Å². The Labute approximate surface area is 130 Å². The van der Waals surface area contributed by atoms with Gasteiger partial charge in [-0.25, -0.2) is 4.79 Å². The molecule has 0 fully saturated rings. The van der Waals surface area contributed by atoms with Crippen LogP contribution in [0.1, 0.15) is 15.9 Å². The lowest BCUT2D eigenvalue weighted by Crippen LogP contribution is -2.04. The van der Waals surface area contributed by atoms with Gasteiger partial charge in [-0.05, 0) is 45.8 Å². The molecule has 0 radical (unpaired) electrons. The van der Waals surface area contributed by atoms with Crippen molar-refractivity contribution in [1.29, 1.82) is 0 Å². The fourth-order valence-electron chi connectivity index (χ4n) is 1.80. The molecule has 6 heteroatoms. The van der Waals surface area contributed by atoms with Crippen molar-refractivity contribution in [3.05, 3.63) is 52.0 Å². The Morgan fingerprint density at radius 3 is 2.62 bits per heavy atom. The van der Waals surface area contributed by atoms with E-state index in [-0.39, 0.29) is 17.9 Å². The van der Waals surface area contributed by atoms with Gasteiger partial charge in [-0.1, -0.05) is 6.07 Å². The van der Waals surface area contributed by atoms with Gasteiger partial charge in [0.25, 0.3) is 0 Å². The first kappa shape index (κ1) is 15.2. The molecule has 3 N–H and O–H groups in total. The molecule has 2 rings (SSSR count). The summed E-state index contributed by atoms with van der Waals surface area (Å²) >= 11 is 3.39. The number of nitrogen functional groups attached to an aromatic ring is 1. The van der Waals surface area contributed by atoms with Crippen LogP contribution in [0.3, 0.4) is 0 Å². The van der Waals surface area contributed by atoms with Crippen LogP contribution in [0.4, 0.5) is 5.69 Å². The molecule has 0 spiro atoms. The number of hydrogen-bond acceptors (Lipinski definition) is 4. The van der Waals surface area contributed by atoms with Crippen molar-refractivity contribution in [2.24, 2.45) is 0 Å². The summed E-state index contributed by atoms with van der Waals surface area (Å²) in [5, 5.41) is 9.12. The molecule has 0 aliphatic heterocycles. The fraction of sp³-hybridized carbons (Fsp3) is 0.133. The van der Waals surface area contributed by atoms with Gasteiger partial charge in [0.1, 0.15) is 23.7 Å². The summed E-state index contributed by atoms with van der Waals surface area (Å²) in [6, 6.07) is 9.96. The van der Waals surface area contributed by atoms with E-state index < -0.39 is 5.97 Å². The molecule has 0 bridgehead atoms. The SMILES string of the molecule is COc1ccc(COc2cc(N)ccc2C(=O)O)cc1Br. The predicted molar refractivity (Wildman–Crippen MR) is 82.8 cm³/mol. The van der Waals surface area contributed by atoms with Gasteiger partial charge in [0.05, 0.1) is 11.6 Å². The number of ether oxygens (including phenoxy) is 2. The molecule has 0 amide bonds. The van der Waals surface area contributed by atoms with Crippen LogP contribution < -0.4 is 15.2 Å². The highest BCUT2D eigenvalue weighted by Crippen LogP contribution is 2.27. The molecule has 2 aromatic carbocycles. The van der Waals surface area contributed by atoms with E-state index in [2.05, 4.69) is 15.9 Å². The smallest absolute Gasteiger partial charge is 0.339 e. The molecular formula is C15H14BrNO4. The minimum atomic E-state index is -1.05. The monoisotopic (exact) mass is 351 g/mol. The highest BCUT2D eigenvalue weighted by Gasteiger charge is 2.12. The van der Waals surface area contributed by atoms with Gasteiger partial charge in [-0.3, -0.25) is 0 Å². The van der Waals surface area contributed by atoms with Crippen LogP contribution in [0, 0.1) is 0 Å². The molecule has 2 aromatic rings. The lowest BCUT2D eigenvalue weighted by molar-refractivity contribution is 0.0692. The molecule has 110 valence electrons. The first-order chi connectivity index (χ1) is 10.0. The van der Waals surface area contributed by atoms with Crippen LogP contribution in [0.25, 0.3) is 0 Å². The second kappa shape index (κ2) is 6.49. The third-order valence-electron chi connectivity index (χ3n) is 2.85. The minimum absolute atomic E-state index is 0.0803. The lowest BCUT2D eigenvalue weighted by atomic mass is 10.2. The van der Waals surface area contributed by atoms with E-state index in [0.717, 1.165) is 10.0 Å². The maximum absolute atomic E-state index is 11.1. The minimum Gasteiger partial charge on any atom is -0.496 e. The third kappa shape index (κ3) is 3.66. The zero-order chi connectivity index (χ0) is 15.4. The van der Waals surface area contributed by atoms with Crippen LogP contribution in [0.15, 0.2) is 40.9 Å². The summed E-state index contributed by atoms with van der Waals surface area (Å²) in [4.78, 5) is 11.1.